The van der Waals surface area contributed by atoms with Crippen LogP contribution in [0, 0.1) is 0 Å². The number of hydrogen-bond donors (Lipinski definition) is 0. The van der Waals surface area contributed by atoms with Crippen LogP contribution in [0.2, 0.25) is 0 Å². The second-order valence-electron chi connectivity index (χ2n) is 19.0. The largest absolute Gasteiger partial charge is 2.00 e. The zero-order chi connectivity index (χ0) is 46.3. The van der Waals surface area contributed by atoms with Crippen molar-refractivity contribution < 1.29 is 20.2 Å². The number of fused-ring (bicyclic) bond motifs is 8. The van der Waals surface area contributed by atoms with Crippen molar-refractivity contribution >= 4 is 53.2 Å². The number of benzene rings is 9. The molecule has 2 aliphatic rings. The monoisotopic (exact) mass is 923 g/mol. The minimum Gasteiger partial charge on any atom is -0.872 e. The molecule has 13 rings (SSSR count). The third-order valence-electron chi connectivity index (χ3n) is 14.2. The fourth-order valence-corrected chi connectivity index (χ4v) is 12.5. The van der Waals surface area contributed by atoms with Gasteiger partial charge in [-0.25, -0.2) is 0 Å². The fraction of sp³-hybridized carbons (Fsp3) is 0.0968. The summed E-state index contributed by atoms with van der Waals surface area (Å²) in [5.41, 5.74) is 21.1. The molecule has 2 aliphatic carbocycles. The summed E-state index contributed by atoms with van der Waals surface area (Å²) in [4.78, 5) is 6.83. The van der Waals surface area contributed by atoms with Gasteiger partial charge in [-0.1, -0.05) is 207 Å². The summed E-state index contributed by atoms with van der Waals surface area (Å²) in [7, 11) is 0. The van der Waals surface area contributed by atoms with Gasteiger partial charge in [0.05, 0.1) is 11.1 Å². The van der Waals surface area contributed by atoms with Gasteiger partial charge in [0.25, 0.3) is 10.0 Å². The number of nitrogens with one attached hydrogen (secondary N) is 2. The molecule has 2 aromatic heterocycles. The Balaban J connectivity index is 0.000000151. The minimum absolute atomic E-state index is 0. The number of rotatable bonds is 5. The first kappa shape index (κ1) is 44.1. The molecule has 2 N–H and O–H groups in total. The molecule has 2 heterocycles. The smallest absolute Gasteiger partial charge is 0.872 e. The Morgan fingerprint density at radius 3 is 1.12 bits per heavy atom. The minimum atomic E-state index is -0.0392. The Kier molecular flexibility index (Phi) is 10.8. The van der Waals surface area contributed by atoms with Crippen molar-refractivity contribution in [3.05, 3.63) is 216 Å². The summed E-state index contributed by atoms with van der Waals surface area (Å²) in [6.45, 7) is 9.21. The number of thiazole rings is 2. The van der Waals surface area contributed by atoms with Gasteiger partial charge >= 0.3 is 10.1 Å². The molecule has 0 fully saturated rings. The van der Waals surface area contributed by atoms with Gasteiger partial charge in [-0.2, -0.15) is 9.97 Å². The quantitative estimate of drug-likeness (QED) is 0.161. The standard InChI is InChI=1S/C34H25NOS.C28H21NOS.Be/c1-34(2)28-8-4-3-7-25(28)26-17-15-24(20-29(26)34)22-13-11-21(12-14-22)23-16-18-31(36)27(19-23)33-35-30-9-5-6-10-32(30)37-33;1-28(2)22-8-4-3-7-19(22)20-13-11-18(16-23(20)28)17-12-14-25(30)21(15-17)27-29-24-9-5-6-10-26(24)31-27;/h3-20,36H,1-2H3;3-16,30H,1-2H3;/q;;+2. The van der Waals surface area contributed by atoms with E-state index in [9.17, 15) is 10.2 Å². The maximum Gasteiger partial charge on any atom is 2.00 e. The van der Waals surface area contributed by atoms with E-state index in [1.165, 1.54) is 55.6 Å². The average Bonchev–Trinajstić information content (AvgIpc) is 4.11. The molecule has 0 saturated heterocycles. The molecule has 0 atom stereocenters. The van der Waals surface area contributed by atoms with Crippen molar-refractivity contribution in [1.29, 1.82) is 0 Å². The van der Waals surface area contributed by atoms with Crippen LogP contribution in [-0.4, -0.2) is 10.1 Å². The van der Waals surface area contributed by atoms with Gasteiger partial charge in [0.2, 0.25) is 11.0 Å². The Morgan fingerprint density at radius 1 is 0.333 bits per heavy atom. The van der Waals surface area contributed by atoms with Crippen molar-refractivity contribution in [3.8, 4) is 88.3 Å². The van der Waals surface area contributed by atoms with Crippen molar-refractivity contribution in [1.82, 2.24) is 0 Å². The predicted octanol–water partition coefficient (Wildman–Crippen LogP) is 14.1. The van der Waals surface area contributed by atoms with Crippen LogP contribution < -0.4 is 20.2 Å². The molecule has 0 aliphatic heterocycles. The molecule has 69 heavy (non-hydrogen) atoms. The first-order valence-corrected chi connectivity index (χ1v) is 24.7. The Morgan fingerprint density at radius 2 is 0.667 bits per heavy atom. The number of aromatic amines is 2. The normalized spacial score (nSPS) is 13.4. The van der Waals surface area contributed by atoms with Gasteiger partial charge in [0.1, 0.15) is 9.40 Å². The number of H-pyrrole nitrogens is 2. The van der Waals surface area contributed by atoms with Crippen LogP contribution in [0.15, 0.2) is 194 Å². The van der Waals surface area contributed by atoms with Gasteiger partial charge in [0, 0.05) is 23.0 Å². The molecular weight excluding hydrogens is 878 g/mol. The first-order chi connectivity index (χ1) is 33.0. The molecule has 0 unspecified atom stereocenters. The van der Waals surface area contributed by atoms with E-state index in [2.05, 4.69) is 159 Å². The number of para-hydroxylation sites is 2. The summed E-state index contributed by atoms with van der Waals surface area (Å²) in [5.74, 6) is 0.0744. The molecule has 0 spiro atoms. The maximum atomic E-state index is 12.7. The van der Waals surface area contributed by atoms with E-state index in [4.69, 9.17) is 0 Å². The van der Waals surface area contributed by atoms with Gasteiger partial charge in [-0.3, -0.25) is 0 Å². The Labute approximate surface area is 414 Å². The zero-order valence-electron chi connectivity index (χ0n) is 38.8. The maximum absolute atomic E-state index is 12.7. The molecule has 0 amide bonds. The number of hydrogen-bond acceptors (Lipinski definition) is 4. The van der Waals surface area contributed by atoms with E-state index in [0.717, 1.165) is 58.3 Å². The fourth-order valence-electron chi connectivity index (χ4n) is 10.5. The second-order valence-corrected chi connectivity index (χ2v) is 21.1. The zero-order valence-corrected chi connectivity index (χ0v) is 40.4. The van der Waals surface area contributed by atoms with Gasteiger partial charge in [-0.15, -0.1) is 0 Å². The summed E-state index contributed by atoms with van der Waals surface area (Å²) < 4.78 is 2.30. The summed E-state index contributed by atoms with van der Waals surface area (Å²) in [6, 6.07) is 67.2. The van der Waals surface area contributed by atoms with Crippen LogP contribution in [-0.2, 0) is 10.8 Å². The molecule has 11 aromatic rings. The summed E-state index contributed by atoms with van der Waals surface area (Å²) >= 11 is 3.24. The third-order valence-corrected chi connectivity index (χ3v) is 16.4. The molecule has 9 aromatic carbocycles. The molecule has 0 bridgehead atoms. The van der Waals surface area contributed by atoms with Crippen LogP contribution in [0.3, 0.4) is 0 Å². The van der Waals surface area contributed by atoms with E-state index >= 15 is 0 Å². The summed E-state index contributed by atoms with van der Waals surface area (Å²) in [5, 5.41) is 27.2. The molecule has 4 nitrogen and oxygen atoms in total. The third kappa shape index (κ3) is 7.48. The van der Waals surface area contributed by atoms with Crippen molar-refractivity contribution in [2.45, 2.75) is 38.5 Å². The Bertz CT molecular complexity index is 3720. The molecule has 0 saturated carbocycles. The first-order valence-electron chi connectivity index (χ1n) is 23.1. The van der Waals surface area contributed by atoms with Crippen LogP contribution in [0.4, 0.5) is 0 Å². The van der Waals surface area contributed by atoms with E-state index < -0.39 is 0 Å². The van der Waals surface area contributed by atoms with Gasteiger partial charge < -0.3 is 10.2 Å². The second kappa shape index (κ2) is 16.9. The molecular formula is C62H46BeN2O2S2+2. The molecule has 328 valence electrons. The van der Waals surface area contributed by atoms with Gasteiger partial charge in [0.15, 0.2) is 0 Å². The van der Waals surface area contributed by atoms with E-state index in [-0.39, 0.29) is 32.5 Å². The van der Waals surface area contributed by atoms with E-state index in [0.29, 0.717) is 5.56 Å². The van der Waals surface area contributed by atoms with Crippen LogP contribution >= 0.6 is 22.7 Å². The van der Waals surface area contributed by atoms with Gasteiger partial charge in [-0.05, 0) is 114 Å². The predicted molar refractivity (Wildman–Crippen MR) is 284 cm³/mol. The number of aromatic nitrogens is 2. The van der Waals surface area contributed by atoms with Crippen molar-refractivity contribution in [3.63, 3.8) is 0 Å². The SMILES string of the molecule is CC1(C)c2ccccc2-c2ccc(-c3ccc(-c4ccc([O-])c(-c5[nH+]c6ccccc6s5)c4)cc3)cc21.CC1(C)c2ccccc2-c2ccc(-c3ccc([O-])c(-c4[nH+]c5ccccc5s4)c3)cc21.[Be+2]. The van der Waals surface area contributed by atoms with Crippen molar-refractivity contribution in [2.24, 2.45) is 0 Å². The van der Waals surface area contributed by atoms with Crippen LogP contribution in [0.1, 0.15) is 49.9 Å². The van der Waals surface area contributed by atoms with Crippen LogP contribution in [0.25, 0.3) is 97.2 Å². The van der Waals surface area contributed by atoms with E-state index in [1.807, 2.05) is 60.7 Å². The van der Waals surface area contributed by atoms with Crippen molar-refractivity contribution in [2.75, 3.05) is 0 Å². The summed E-state index contributed by atoms with van der Waals surface area (Å²) in [6.07, 6.45) is 0. The molecule has 7 heteroatoms. The van der Waals surface area contributed by atoms with E-state index in [1.54, 1.807) is 34.8 Å². The average molecular weight is 924 g/mol. The Hall–Kier alpha value is -7.47. The topological polar surface area (TPSA) is 74.4 Å². The molecule has 0 radical (unpaired) electrons. The van der Waals surface area contributed by atoms with Crippen LogP contribution in [0.5, 0.6) is 11.5 Å².